The van der Waals surface area contributed by atoms with Gasteiger partial charge in [0.2, 0.25) is 0 Å². The second-order valence-corrected chi connectivity index (χ2v) is 3.47. The van der Waals surface area contributed by atoms with Gasteiger partial charge in [-0.3, -0.25) is 4.79 Å². The molecule has 0 amide bonds. The quantitative estimate of drug-likeness (QED) is 0.794. The molecule has 2 rings (SSSR count). The topological polar surface area (TPSA) is 61.5 Å². The van der Waals surface area contributed by atoms with Gasteiger partial charge in [-0.05, 0) is 23.3 Å². The second-order valence-electron chi connectivity index (χ2n) is 3.47. The van der Waals surface area contributed by atoms with Crippen molar-refractivity contribution in [1.82, 2.24) is 0 Å². The largest absolute Gasteiger partial charge is 0.493 e. The molecule has 0 bridgehead atoms. The Hall–Kier alpha value is -1.26. The smallest absolute Gasteiger partial charge is 0.327 e. The number of esters is 1. The van der Waals surface area contributed by atoms with Crippen molar-refractivity contribution in [1.29, 1.82) is 0 Å². The molecule has 88 valence electrons. The Morgan fingerprint density at radius 3 is 3.00 bits per heavy atom. The first-order valence-corrected chi connectivity index (χ1v) is 4.81. The summed E-state index contributed by atoms with van der Waals surface area (Å²) in [6.07, 6.45) is 0.872. The van der Waals surface area contributed by atoms with E-state index in [1.807, 2.05) is 12.1 Å². The normalized spacial score (nSPS) is 14.4. The maximum atomic E-state index is 11.2. The molecular weight excluding hydrogens is 230 g/mol. The first kappa shape index (κ1) is 12.8. The van der Waals surface area contributed by atoms with E-state index in [9.17, 15) is 4.79 Å². The minimum atomic E-state index is -0.708. The summed E-state index contributed by atoms with van der Waals surface area (Å²) in [4.78, 5) is 11.2. The standard InChI is InChI=1S/C11H13NO3.ClH/c1-14-11(13)10(12)8-2-3-9-7(6-8)4-5-15-9;/h2-3,6,10H,4-5,12H2,1H3;1H. The molecule has 16 heavy (non-hydrogen) atoms. The van der Waals surface area contributed by atoms with Gasteiger partial charge < -0.3 is 15.2 Å². The number of nitrogens with two attached hydrogens (primary N) is 1. The van der Waals surface area contributed by atoms with E-state index in [1.165, 1.54) is 7.11 Å². The average molecular weight is 244 g/mol. The van der Waals surface area contributed by atoms with Crippen LogP contribution in [0.5, 0.6) is 5.75 Å². The molecule has 1 atom stereocenters. The van der Waals surface area contributed by atoms with Gasteiger partial charge >= 0.3 is 5.97 Å². The van der Waals surface area contributed by atoms with Gasteiger partial charge in [-0.2, -0.15) is 0 Å². The number of halogens is 1. The van der Waals surface area contributed by atoms with Crippen LogP contribution in [0.4, 0.5) is 0 Å². The van der Waals surface area contributed by atoms with E-state index in [2.05, 4.69) is 4.74 Å². The van der Waals surface area contributed by atoms with Gasteiger partial charge in [0, 0.05) is 6.42 Å². The molecule has 0 spiro atoms. The Bertz CT molecular complexity index is 395. The van der Waals surface area contributed by atoms with E-state index in [1.54, 1.807) is 6.07 Å². The summed E-state index contributed by atoms with van der Waals surface area (Å²) < 4.78 is 9.95. The van der Waals surface area contributed by atoms with Crippen molar-refractivity contribution in [3.05, 3.63) is 29.3 Å². The SMILES string of the molecule is COC(=O)C(N)c1ccc2c(c1)CCO2.Cl. The summed E-state index contributed by atoms with van der Waals surface area (Å²) >= 11 is 0. The molecule has 5 heteroatoms. The molecule has 2 N–H and O–H groups in total. The molecule has 0 radical (unpaired) electrons. The van der Waals surface area contributed by atoms with Crippen molar-refractivity contribution >= 4 is 18.4 Å². The minimum absolute atomic E-state index is 0. The zero-order valence-electron chi connectivity index (χ0n) is 8.93. The number of hydrogen-bond donors (Lipinski definition) is 1. The molecule has 1 unspecified atom stereocenters. The van der Waals surface area contributed by atoms with Crippen molar-refractivity contribution in [3.8, 4) is 5.75 Å². The Balaban J connectivity index is 0.00000128. The molecule has 1 aliphatic heterocycles. The first-order chi connectivity index (χ1) is 7.22. The fourth-order valence-electron chi connectivity index (χ4n) is 1.66. The average Bonchev–Trinajstić information content (AvgIpc) is 2.73. The lowest BCUT2D eigenvalue weighted by atomic mass is 10.0. The molecule has 0 fully saturated rings. The first-order valence-electron chi connectivity index (χ1n) is 4.81. The monoisotopic (exact) mass is 243 g/mol. The van der Waals surface area contributed by atoms with Gasteiger partial charge in [-0.25, -0.2) is 0 Å². The fourth-order valence-corrected chi connectivity index (χ4v) is 1.66. The third kappa shape index (κ3) is 2.28. The van der Waals surface area contributed by atoms with Crippen LogP contribution in [0.2, 0.25) is 0 Å². The molecule has 0 saturated heterocycles. The van der Waals surface area contributed by atoms with E-state index in [0.717, 1.165) is 23.3 Å². The zero-order valence-corrected chi connectivity index (χ0v) is 9.75. The van der Waals surface area contributed by atoms with Crippen LogP contribution in [0.15, 0.2) is 18.2 Å². The lowest BCUT2D eigenvalue weighted by molar-refractivity contribution is -0.142. The van der Waals surface area contributed by atoms with Crippen LogP contribution in [-0.4, -0.2) is 19.7 Å². The van der Waals surface area contributed by atoms with Crippen molar-refractivity contribution in [2.75, 3.05) is 13.7 Å². The maximum absolute atomic E-state index is 11.2. The van der Waals surface area contributed by atoms with Crippen LogP contribution in [-0.2, 0) is 16.0 Å². The molecule has 0 aromatic heterocycles. The van der Waals surface area contributed by atoms with Crippen LogP contribution in [0.25, 0.3) is 0 Å². The van der Waals surface area contributed by atoms with Crippen molar-refractivity contribution in [3.63, 3.8) is 0 Å². The summed E-state index contributed by atoms with van der Waals surface area (Å²) in [5.74, 6) is 0.463. The number of fused-ring (bicyclic) bond motifs is 1. The van der Waals surface area contributed by atoms with Crippen molar-refractivity contribution < 1.29 is 14.3 Å². The van der Waals surface area contributed by atoms with Crippen LogP contribution < -0.4 is 10.5 Å². The van der Waals surface area contributed by atoms with Crippen LogP contribution in [0.3, 0.4) is 0 Å². The number of rotatable bonds is 2. The molecule has 1 aromatic carbocycles. The van der Waals surface area contributed by atoms with Crippen LogP contribution >= 0.6 is 12.4 Å². The number of ether oxygens (including phenoxy) is 2. The fraction of sp³-hybridized carbons (Fsp3) is 0.364. The van der Waals surface area contributed by atoms with Crippen LogP contribution in [0.1, 0.15) is 17.2 Å². The van der Waals surface area contributed by atoms with Crippen LogP contribution in [0, 0.1) is 0 Å². The number of benzene rings is 1. The van der Waals surface area contributed by atoms with Gasteiger partial charge in [0.15, 0.2) is 0 Å². The Morgan fingerprint density at radius 2 is 2.31 bits per heavy atom. The Morgan fingerprint density at radius 1 is 1.56 bits per heavy atom. The number of methoxy groups -OCH3 is 1. The van der Waals surface area contributed by atoms with Gasteiger partial charge in [0.05, 0.1) is 13.7 Å². The second kappa shape index (κ2) is 5.18. The van der Waals surface area contributed by atoms with Crippen molar-refractivity contribution in [2.24, 2.45) is 5.73 Å². The highest BCUT2D eigenvalue weighted by Crippen LogP contribution is 2.27. The van der Waals surface area contributed by atoms with E-state index < -0.39 is 12.0 Å². The summed E-state index contributed by atoms with van der Waals surface area (Å²) in [6.45, 7) is 0.701. The molecule has 1 aliphatic rings. The lowest BCUT2D eigenvalue weighted by Gasteiger charge is -2.10. The molecule has 1 aromatic rings. The van der Waals surface area contributed by atoms with Gasteiger partial charge in [-0.15, -0.1) is 12.4 Å². The summed E-state index contributed by atoms with van der Waals surface area (Å²) in [6, 6.07) is 4.84. The van der Waals surface area contributed by atoms with Crippen molar-refractivity contribution in [2.45, 2.75) is 12.5 Å². The predicted molar refractivity (Wildman–Crippen MR) is 61.8 cm³/mol. The lowest BCUT2D eigenvalue weighted by Crippen LogP contribution is -2.22. The summed E-state index contributed by atoms with van der Waals surface area (Å²) in [7, 11) is 1.33. The molecule has 0 aliphatic carbocycles. The molecule has 0 saturated carbocycles. The van der Waals surface area contributed by atoms with E-state index in [0.29, 0.717) is 6.61 Å². The third-order valence-corrected chi connectivity index (χ3v) is 2.53. The van der Waals surface area contributed by atoms with E-state index in [-0.39, 0.29) is 12.4 Å². The van der Waals surface area contributed by atoms with Gasteiger partial charge in [-0.1, -0.05) is 6.07 Å². The molecular formula is C11H14ClNO3. The predicted octanol–water partition coefficient (Wildman–Crippen LogP) is 1.22. The minimum Gasteiger partial charge on any atom is -0.493 e. The molecule has 4 nitrogen and oxygen atoms in total. The Labute approximate surface area is 100 Å². The zero-order chi connectivity index (χ0) is 10.8. The number of hydrogen-bond acceptors (Lipinski definition) is 4. The highest BCUT2D eigenvalue weighted by molar-refractivity contribution is 5.85. The highest BCUT2D eigenvalue weighted by atomic mass is 35.5. The van der Waals surface area contributed by atoms with E-state index in [4.69, 9.17) is 10.5 Å². The Kier molecular flexibility index (Phi) is 4.15. The third-order valence-electron chi connectivity index (χ3n) is 2.53. The van der Waals surface area contributed by atoms with E-state index >= 15 is 0 Å². The number of carbonyl (C=O) groups excluding carboxylic acids is 1. The maximum Gasteiger partial charge on any atom is 0.327 e. The summed E-state index contributed by atoms with van der Waals surface area (Å²) in [5, 5.41) is 0. The van der Waals surface area contributed by atoms with Gasteiger partial charge in [0.25, 0.3) is 0 Å². The highest BCUT2D eigenvalue weighted by Gasteiger charge is 2.19. The molecule has 1 heterocycles. The van der Waals surface area contributed by atoms with Gasteiger partial charge in [0.1, 0.15) is 11.8 Å². The number of carbonyl (C=O) groups is 1. The summed E-state index contributed by atoms with van der Waals surface area (Å²) in [5.41, 5.74) is 7.60.